The van der Waals surface area contributed by atoms with Crippen molar-refractivity contribution in [3.05, 3.63) is 29.8 Å². The maximum atomic E-state index is 12.3. The fraction of sp³-hybridized carbons (Fsp3) is 0.333. The summed E-state index contributed by atoms with van der Waals surface area (Å²) in [5.74, 6) is -0.749. The van der Waals surface area contributed by atoms with Crippen LogP contribution >= 0.6 is 0 Å². The van der Waals surface area contributed by atoms with Gasteiger partial charge < -0.3 is 5.32 Å². The first-order chi connectivity index (χ1) is 8.32. The van der Waals surface area contributed by atoms with Crippen LogP contribution in [-0.2, 0) is 15.8 Å². The Morgan fingerprint density at radius 2 is 1.72 bits per heavy atom. The fourth-order valence-electron chi connectivity index (χ4n) is 1.25. The molecule has 1 rings (SSSR count). The number of nitrogens with one attached hydrogen (secondary N) is 1. The third-order valence-corrected chi connectivity index (χ3v) is 2.25. The molecule has 0 fully saturated rings. The number of Topliss-reactive ketones (excluding diaryl/α,β-unsaturated/α-hetero) is 1. The molecule has 6 heteroatoms. The molecule has 1 N–H and O–H groups in total. The summed E-state index contributed by atoms with van der Waals surface area (Å²) in [6, 6.07) is 4.04. The van der Waals surface area contributed by atoms with Crippen LogP contribution in [0.5, 0.6) is 0 Å². The van der Waals surface area contributed by atoms with Crippen LogP contribution in [-0.4, -0.2) is 11.7 Å². The quantitative estimate of drug-likeness (QED) is 0.845. The Balaban J connectivity index is 2.64. The van der Waals surface area contributed by atoms with Gasteiger partial charge in [-0.25, -0.2) is 0 Å². The highest BCUT2D eigenvalue weighted by Crippen LogP contribution is 2.29. The van der Waals surface area contributed by atoms with Crippen molar-refractivity contribution in [2.75, 3.05) is 5.32 Å². The van der Waals surface area contributed by atoms with Crippen molar-refractivity contribution in [3.63, 3.8) is 0 Å². The molecular formula is C12H12F3NO2. The van der Waals surface area contributed by atoms with Crippen molar-refractivity contribution >= 4 is 17.4 Å². The summed E-state index contributed by atoms with van der Waals surface area (Å²) in [5.41, 5.74) is -0.554. The number of ketones is 1. The number of carbonyl (C=O) groups is 2. The van der Waals surface area contributed by atoms with Gasteiger partial charge in [-0.2, -0.15) is 13.2 Å². The smallest absolute Gasteiger partial charge is 0.326 e. The summed E-state index contributed by atoms with van der Waals surface area (Å²) in [6.45, 7) is 1.63. The zero-order chi connectivity index (χ0) is 13.8. The van der Waals surface area contributed by atoms with E-state index in [1.807, 2.05) is 0 Å². The van der Waals surface area contributed by atoms with Crippen molar-refractivity contribution in [1.29, 1.82) is 0 Å². The Labute approximate surface area is 102 Å². The van der Waals surface area contributed by atoms with Crippen LogP contribution in [0.3, 0.4) is 0 Å². The van der Waals surface area contributed by atoms with Crippen molar-refractivity contribution in [2.24, 2.45) is 0 Å². The van der Waals surface area contributed by atoms with Crippen molar-refractivity contribution in [1.82, 2.24) is 0 Å². The summed E-state index contributed by atoms with van der Waals surface area (Å²) < 4.78 is 36.8. The van der Waals surface area contributed by atoms with Gasteiger partial charge in [0.05, 0.1) is 12.0 Å². The first-order valence-corrected chi connectivity index (χ1v) is 5.31. The minimum Gasteiger partial charge on any atom is -0.326 e. The lowest BCUT2D eigenvalue weighted by Gasteiger charge is -2.08. The molecule has 0 radical (unpaired) electrons. The second-order valence-corrected chi connectivity index (χ2v) is 3.69. The summed E-state index contributed by atoms with van der Waals surface area (Å²) in [4.78, 5) is 22.3. The highest BCUT2D eigenvalue weighted by molar-refractivity contribution is 6.04. The van der Waals surface area contributed by atoms with E-state index in [-0.39, 0.29) is 24.3 Å². The van der Waals surface area contributed by atoms with Crippen LogP contribution < -0.4 is 5.32 Å². The monoisotopic (exact) mass is 259 g/mol. The van der Waals surface area contributed by atoms with E-state index in [1.54, 1.807) is 6.92 Å². The molecule has 0 spiro atoms. The molecule has 0 bridgehead atoms. The predicted octanol–water partition coefficient (Wildman–Crippen LogP) is 3.01. The molecule has 0 aromatic heterocycles. The van der Waals surface area contributed by atoms with Crippen molar-refractivity contribution in [3.8, 4) is 0 Å². The van der Waals surface area contributed by atoms with Gasteiger partial charge >= 0.3 is 6.18 Å². The lowest BCUT2D eigenvalue weighted by Crippen LogP contribution is -2.16. The fourth-order valence-corrected chi connectivity index (χ4v) is 1.25. The summed E-state index contributed by atoms with van der Waals surface area (Å²) in [5, 5.41) is 2.36. The Hall–Kier alpha value is -1.85. The molecule has 0 aliphatic rings. The second-order valence-electron chi connectivity index (χ2n) is 3.69. The molecule has 1 aromatic rings. The molecule has 0 unspecified atom stereocenters. The molecule has 0 atom stereocenters. The van der Waals surface area contributed by atoms with E-state index in [2.05, 4.69) is 5.32 Å². The summed E-state index contributed by atoms with van der Waals surface area (Å²) >= 11 is 0. The first-order valence-electron chi connectivity index (χ1n) is 5.31. The third kappa shape index (κ3) is 4.20. The largest absolute Gasteiger partial charge is 0.416 e. The van der Waals surface area contributed by atoms with E-state index >= 15 is 0 Å². The lowest BCUT2D eigenvalue weighted by atomic mass is 10.2. The molecule has 3 nitrogen and oxygen atoms in total. The van der Waals surface area contributed by atoms with Gasteiger partial charge in [0.25, 0.3) is 0 Å². The van der Waals surface area contributed by atoms with Crippen molar-refractivity contribution < 1.29 is 22.8 Å². The number of carbonyl (C=O) groups excluding carboxylic acids is 2. The normalized spacial score (nSPS) is 11.1. The molecule has 1 amide bonds. The van der Waals surface area contributed by atoms with Gasteiger partial charge in [-0.05, 0) is 24.3 Å². The van der Waals surface area contributed by atoms with E-state index in [9.17, 15) is 22.8 Å². The van der Waals surface area contributed by atoms with E-state index < -0.39 is 17.6 Å². The Bertz CT molecular complexity index is 438. The number of benzene rings is 1. The number of hydrogen-bond acceptors (Lipinski definition) is 2. The Morgan fingerprint density at radius 1 is 1.17 bits per heavy atom. The van der Waals surface area contributed by atoms with Gasteiger partial charge in [0.1, 0.15) is 5.78 Å². The standard InChI is InChI=1S/C12H12F3NO2/c1-2-10(17)7-11(18)16-9-5-3-8(4-6-9)12(13,14)15/h3-6H,2,7H2,1H3,(H,16,18). The lowest BCUT2D eigenvalue weighted by molar-refractivity contribution is -0.137. The second kappa shape index (κ2) is 5.66. The van der Waals surface area contributed by atoms with Crippen LogP contribution in [0.15, 0.2) is 24.3 Å². The molecule has 0 aliphatic heterocycles. The molecule has 0 saturated carbocycles. The molecule has 0 aliphatic carbocycles. The minimum atomic E-state index is -4.40. The average molecular weight is 259 g/mol. The van der Waals surface area contributed by atoms with Crippen LogP contribution in [0.4, 0.5) is 18.9 Å². The number of halogens is 3. The predicted molar refractivity (Wildman–Crippen MR) is 60.0 cm³/mol. The maximum absolute atomic E-state index is 12.3. The van der Waals surface area contributed by atoms with Crippen LogP contribution in [0.2, 0.25) is 0 Å². The average Bonchev–Trinajstić information content (AvgIpc) is 2.28. The zero-order valence-corrected chi connectivity index (χ0v) is 9.67. The van der Waals surface area contributed by atoms with Gasteiger partial charge in [-0.1, -0.05) is 6.92 Å². The topological polar surface area (TPSA) is 46.2 Å². The highest BCUT2D eigenvalue weighted by Gasteiger charge is 2.29. The number of rotatable bonds is 4. The summed E-state index contributed by atoms with van der Waals surface area (Å²) in [7, 11) is 0. The van der Waals surface area contributed by atoms with Crippen molar-refractivity contribution in [2.45, 2.75) is 25.9 Å². The number of alkyl halides is 3. The maximum Gasteiger partial charge on any atom is 0.416 e. The van der Waals surface area contributed by atoms with E-state index in [0.29, 0.717) is 0 Å². The Kier molecular flexibility index (Phi) is 4.47. The third-order valence-electron chi connectivity index (χ3n) is 2.25. The molecule has 98 valence electrons. The summed E-state index contributed by atoms with van der Waals surface area (Å²) in [6.07, 6.45) is -4.42. The van der Waals surface area contributed by atoms with Crippen LogP contribution in [0, 0.1) is 0 Å². The number of hydrogen-bond donors (Lipinski definition) is 1. The molecular weight excluding hydrogens is 247 g/mol. The number of anilines is 1. The van der Waals surface area contributed by atoms with E-state index in [1.165, 1.54) is 0 Å². The van der Waals surface area contributed by atoms with E-state index in [0.717, 1.165) is 24.3 Å². The highest BCUT2D eigenvalue weighted by atomic mass is 19.4. The zero-order valence-electron chi connectivity index (χ0n) is 9.67. The number of amides is 1. The first kappa shape index (κ1) is 14.2. The SMILES string of the molecule is CCC(=O)CC(=O)Nc1ccc(C(F)(F)F)cc1. The van der Waals surface area contributed by atoms with Gasteiger partial charge in [0.15, 0.2) is 0 Å². The minimum absolute atomic E-state index is 0.223. The van der Waals surface area contributed by atoms with E-state index in [4.69, 9.17) is 0 Å². The van der Waals surface area contributed by atoms with Gasteiger partial charge in [-0.15, -0.1) is 0 Å². The molecule has 0 saturated heterocycles. The van der Waals surface area contributed by atoms with Gasteiger partial charge in [0, 0.05) is 12.1 Å². The molecule has 0 heterocycles. The van der Waals surface area contributed by atoms with Crippen LogP contribution in [0.1, 0.15) is 25.3 Å². The van der Waals surface area contributed by atoms with Gasteiger partial charge in [0.2, 0.25) is 5.91 Å². The Morgan fingerprint density at radius 3 is 2.17 bits per heavy atom. The van der Waals surface area contributed by atoms with Gasteiger partial charge in [-0.3, -0.25) is 9.59 Å². The molecule has 18 heavy (non-hydrogen) atoms. The molecule has 1 aromatic carbocycles. The van der Waals surface area contributed by atoms with Crippen LogP contribution in [0.25, 0.3) is 0 Å².